The second-order valence-corrected chi connectivity index (χ2v) is 10.2. The summed E-state index contributed by atoms with van der Waals surface area (Å²) in [6.07, 6.45) is 12.8. The molecule has 1 aromatic carbocycles. The van der Waals surface area contributed by atoms with E-state index in [-0.39, 0.29) is 0 Å². The normalized spacial score (nSPS) is 19.3. The Labute approximate surface area is 236 Å². The van der Waals surface area contributed by atoms with Crippen molar-refractivity contribution < 1.29 is 9.59 Å². The third-order valence-corrected chi connectivity index (χ3v) is 7.18. The fourth-order valence-electron chi connectivity index (χ4n) is 4.55. The van der Waals surface area contributed by atoms with Gasteiger partial charge in [-0.05, 0) is 69.2 Å². The van der Waals surface area contributed by atoms with Gasteiger partial charge in [0, 0.05) is 24.7 Å². The van der Waals surface area contributed by atoms with Crippen LogP contribution in [0, 0.1) is 11.8 Å². The van der Waals surface area contributed by atoms with E-state index in [1.54, 1.807) is 4.90 Å². The first-order valence-electron chi connectivity index (χ1n) is 14.2. The average Bonchev–Trinajstić information content (AvgIpc) is 3.36. The predicted molar refractivity (Wildman–Crippen MR) is 160 cm³/mol. The number of rotatable bonds is 5. The topological polar surface area (TPSA) is 58.4 Å². The molecule has 4 rings (SSSR count). The van der Waals surface area contributed by atoms with Crippen LogP contribution in [0.4, 0.5) is 0 Å². The van der Waals surface area contributed by atoms with Crippen LogP contribution in [0.2, 0.25) is 5.02 Å². The van der Waals surface area contributed by atoms with E-state index in [1.165, 1.54) is 44.1 Å². The molecule has 2 unspecified atom stereocenters. The Balaban J connectivity index is 0.000000281. The molecule has 1 fully saturated rings. The van der Waals surface area contributed by atoms with Crippen molar-refractivity contribution in [3.63, 3.8) is 0 Å². The minimum absolute atomic E-state index is 0.497. The fourth-order valence-corrected chi connectivity index (χ4v) is 4.82. The molecule has 2 aromatic rings. The highest BCUT2D eigenvalue weighted by atomic mass is 35.5. The Hall–Kier alpha value is -2.44. The van der Waals surface area contributed by atoms with Crippen molar-refractivity contribution in [3.05, 3.63) is 64.7 Å². The zero-order valence-corrected chi connectivity index (χ0v) is 25.2. The van der Waals surface area contributed by atoms with Crippen molar-refractivity contribution in [3.8, 4) is 0 Å². The Bertz CT molecular complexity index is 947. The molecule has 38 heavy (non-hydrogen) atoms. The summed E-state index contributed by atoms with van der Waals surface area (Å²) in [6, 6.07) is 7.91. The maximum absolute atomic E-state index is 10.5. The van der Waals surface area contributed by atoms with Gasteiger partial charge >= 0.3 is 0 Å². The molecular formula is C31H49ClN4O2. The number of benzene rings is 1. The van der Waals surface area contributed by atoms with Crippen LogP contribution in [0.15, 0.2) is 42.6 Å². The van der Waals surface area contributed by atoms with E-state index < -0.39 is 0 Å². The molecule has 0 radical (unpaired) electrons. The van der Waals surface area contributed by atoms with Gasteiger partial charge in [-0.15, -0.1) is 0 Å². The number of likely N-dealkylation sites (tertiary alicyclic amines) is 1. The Morgan fingerprint density at radius 3 is 2.21 bits per heavy atom. The summed E-state index contributed by atoms with van der Waals surface area (Å²) in [5.41, 5.74) is 1.81. The second kappa shape index (κ2) is 19.6. The quantitative estimate of drug-likeness (QED) is 0.303. The van der Waals surface area contributed by atoms with Crippen LogP contribution in [0.1, 0.15) is 82.7 Å². The van der Waals surface area contributed by atoms with Crippen molar-refractivity contribution in [2.45, 2.75) is 80.3 Å². The van der Waals surface area contributed by atoms with Crippen molar-refractivity contribution >= 4 is 24.3 Å². The number of allylic oxidation sites excluding steroid dienone is 1. The van der Waals surface area contributed by atoms with Gasteiger partial charge in [-0.1, -0.05) is 76.6 Å². The molecule has 212 valence electrons. The van der Waals surface area contributed by atoms with Crippen molar-refractivity contribution in [1.29, 1.82) is 0 Å². The average molecular weight is 545 g/mol. The van der Waals surface area contributed by atoms with Gasteiger partial charge in [0.05, 0.1) is 12.7 Å². The summed E-state index contributed by atoms with van der Waals surface area (Å²) in [5.74, 6) is 2.61. The molecule has 1 aromatic heterocycles. The lowest BCUT2D eigenvalue weighted by Crippen LogP contribution is -2.33. The smallest absolute Gasteiger partial charge is 0.210 e. The third kappa shape index (κ3) is 12.0. The van der Waals surface area contributed by atoms with Crippen molar-refractivity contribution in [2.24, 2.45) is 11.8 Å². The Kier molecular flexibility index (Phi) is 17.3. The first-order chi connectivity index (χ1) is 18.4. The number of amides is 1. The fraction of sp³-hybridized carbons (Fsp3) is 0.581. The van der Waals surface area contributed by atoms with Gasteiger partial charge < -0.3 is 9.47 Å². The van der Waals surface area contributed by atoms with E-state index in [2.05, 4.69) is 49.7 Å². The van der Waals surface area contributed by atoms with E-state index >= 15 is 0 Å². The number of aldehydes is 1. The summed E-state index contributed by atoms with van der Waals surface area (Å²) in [5, 5.41) is 0.875. The zero-order chi connectivity index (χ0) is 28.3. The lowest BCUT2D eigenvalue weighted by atomic mass is 9.90. The highest BCUT2D eigenvalue weighted by molar-refractivity contribution is 6.31. The van der Waals surface area contributed by atoms with Crippen LogP contribution in [-0.2, 0) is 24.3 Å². The standard InChI is InChI=1S/C13H25N.C8H9Cl.C8H9N3O2.C2H6/c1-4-5-8-14-9-6-12(2)11-13(3)7-10-14;1-2-7-5-3-4-6-8(7)9;12-5-7-3-9-8-4-10(6-13)1-2-11(7)8;1-2/h4-5,12-13H,6-11H2,1-3H3;3-6H,2H2,1H3;3,5-6H,1-2,4H2;1-2H3/b5-4+;;;. The SMILES string of the molecule is C/C=C/CN1CCC(C)CC(C)CC1.CC.CCc1ccccc1Cl.O=Cc1cnc2n1CCN(C=O)C2. The van der Waals surface area contributed by atoms with Crippen molar-refractivity contribution in [1.82, 2.24) is 19.4 Å². The monoisotopic (exact) mass is 544 g/mol. The highest BCUT2D eigenvalue weighted by Crippen LogP contribution is 2.21. The zero-order valence-electron chi connectivity index (χ0n) is 24.4. The highest BCUT2D eigenvalue weighted by Gasteiger charge is 2.18. The number of nitrogens with zero attached hydrogens (tertiary/aromatic N) is 4. The molecule has 1 saturated heterocycles. The van der Waals surface area contributed by atoms with Gasteiger partial charge in [0.15, 0.2) is 6.29 Å². The molecule has 0 saturated carbocycles. The predicted octanol–water partition coefficient (Wildman–Crippen LogP) is 6.92. The first-order valence-corrected chi connectivity index (χ1v) is 14.5. The molecule has 0 spiro atoms. The molecular weight excluding hydrogens is 496 g/mol. The molecule has 3 heterocycles. The van der Waals surface area contributed by atoms with Crippen LogP contribution >= 0.6 is 11.6 Å². The first kappa shape index (κ1) is 33.6. The van der Waals surface area contributed by atoms with Crippen LogP contribution in [0.25, 0.3) is 0 Å². The number of hydrogen-bond donors (Lipinski definition) is 0. The van der Waals surface area contributed by atoms with Crippen LogP contribution in [0.3, 0.4) is 0 Å². The maximum atomic E-state index is 10.5. The second-order valence-electron chi connectivity index (χ2n) is 9.78. The molecule has 0 aliphatic carbocycles. The molecule has 2 atom stereocenters. The Morgan fingerprint density at radius 2 is 1.68 bits per heavy atom. The minimum atomic E-state index is 0.497. The molecule has 1 amide bonds. The molecule has 6 nitrogen and oxygen atoms in total. The number of carbonyl (C=O) groups excluding carboxylic acids is 2. The lowest BCUT2D eigenvalue weighted by Gasteiger charge is -2.28. The van der Waals surface area contributed by atoms with Crippen molar-refractivity contribution in [2.75, 3.05) is 26.2 Å². The number of fused-ring (bicyclic) bond motifs is 1. The van der Waals surface area contributed by atoms with Gasteiger partial charge in [-0.3, -0.25) is 14.5 Å². The van der Waals surface area contributed by atoms with Gasteiger partial charge in [-0.25, -0.2) is 4.98 Å². The number of carbonyl (C=O) groups is 2. The number of aromatic nitrogens is 2. The van der Waals surface area contributed by atoms with Gasteiger partial charge in [-0.2, -0.15) is 0 Å². The van der Waals surface area contributed by atoms with Crippen LogP contribution in [-0.4, -0.2) is 58.2 Å². The summed E-state index contributed by atoms with van der Waals surface area (Å²) in [6.45, 7) is 18.5. The molecule has 0 N–H and O–H groups in total. The number of halogens is 1. The maximum Gasteiger partial charge on any atom is 0.210 e. The van der Waals surface area contributed by atoms with Gasteiger partial charge in [0.1, 0.15) is 11.5 Å². The van der Waals surface area contributed by atoms with Crippen LogP contribution in [0.5, 0.6) is 0 Å². The summed E-state index contributed by atoms with van der Waals surface area (Å²) >= 11 is 5.82. The van der Waals surface area contributed by atoms with Gasteiger partial charge in [0.2, 0.25) is 6.41 Å². The molecule has 7 heteroatoms. The van der Waals surface area contributed by atoms with Crippen LogP contribution < -0.4 is 0 Å². The number of hydrogen-bond acceptors (Lipinski definition) is 4. The van der Waals surface area contributed by atoms with E-state index in [0.717, 1.165) is 48.3 Å². The largest absolute Gasteiger partial charge is 0.336 e. The number of imidazole rings is 1. The minimum Gasteiger partial charge on any atom is -0.336 e. The van der Waals surface area contributed by atoms with E-state index in [0.29, 0.717) is 25.3 Å². The van der Waals surface area contributed by atoms with E-state index in [1.807, 2.05) is 42.7 Å². The molecule has 0 bridgehead atoms. The lowest BCUT2D eigenvalue weighted by molar-refractivity contribution is -0.119. The summed E-state index contributed by atoms with van der Waals surface area (Å²) in [7, 11) is 0. The summed E-state index contributed by atoms with van der Waals surface area (Å²) in [4.78, 5) is 29.3. The molecule has 2 aliphatic heterocycles. The van der Waals surface area contributed by atoms with E-state index in [9.17, 15) is 9.59 Å². The number of aryl methyl sites for hydroxylation is 1. The third-order valence-electron chi connectivity index (χ3n) is 6.81. The van der Waals surface area contributed by atoms with Gasteiger partial charge in [0.25, 0.3) is 0 Å². The Morgan fingerprint density at radius 1 is 1.03 bits per heavy atom. The molecule has 2 aliphatic rings. The van der Waals surface area contributed by atoms with E-state index in [4.69, 9.17) is 11.6 Å². The summed E-state index contributed by atoms with van der Waals surface area (Å²) < 4.78 is 1.84.